The van der Waals surface area contributed by atoms with Crippen molar-refractivity contribution in [3.63, 3.8) is 0 Å². The highest BCUT2D eigenvalue weighted by molar-refractivity contribution is 7.21. The van der Waals surface area contributed by atoms with Crippen molar-refractivity contribution < 1.29 is 0 Å². The molecule has 10 heteroatoms. The van der Waals surface area contributed by atoms with Crippen molar-refractivity contribution in [2.45, 2.75) is 37.6 Å². The van der Waals surface area contributed by atoms with Crippen LogP contribution in [0.1, 0.15) is 37.4 Å². The summed E-state index contributed by atoms with van der Waals surface area (Å²) in [6.45, 7) is 3.59. The maximum atomic E-state index is 13.5. The van der Waals surface area contributed by atoms with Crippen molar-refractivity contribution in [2.24, 2.45) is 0 Å². The smallest absolute Gasteiger partial charge is 0.263 e. The molecule has 3 aromatic heterocycles. The van der Waals surface area contributed by atoms with Crippen LogP contribution in [-0.4, -0.2) is 57.1 Å². The number of aromatic amines is 1. The number of nitrogens with zero attached hydrogens (tertiary/aromatic N) is 5. The van der Waals surface area contributed by atoms with E-state index in [0.29, 0.717) is 16.4 Å². The molecule has 2 aliphatic rings. The quantitative estimate of drug-likeness (QED) is 0.392. The van der Waals surface area contributed by atoms with E-state index < -0.39 is 0 Å². The van der Waals surface area contributed by atoms with E-state index in [2.05, 4.69) is 30.5 Å². The van der Waals surface area contributed by atoms with Crippen LogP contribution in [0, 0.1) is 0 Å². The summed E-state index contributed by atoms with van der Waals surface area (Å²) in [7, 11) is 0. The van der Waals surface area contributed by atoms with Crippen molar-refractivity contribution in [1.29, 1.82) is 0 Å². The predicted molar refractivity (Wildman–Crippen MR) is 139 cm³/mol. The molecule has 5 heterocycles. The van der Waals surface area contributed by atoms with Crippen LogP contribution in [-0.2, 0) is 0 Å². The van der Waals surface area contributed by atoms with Crippen molar-refractivity contribution in [1.82, 2.24) is 30.2 Å². The second-order valence-electron chi connectivity index (χ2n) is 9.17. The summed E-state index contributed by atoms with van der Waals surface area (Å²) >= 11 is 1.53. The van der Waals surface area contributed by atoms with Crippen LogP contribution < -0.4 is 21.1 Å². The third kappa shape index (κ3) is 4.63. The maximum Gasteiger partial charge on any atom is 0.263 e. The van der Waals surface area contributed by atoms with Gasteiger partial charge >= 0.3 is 0 Å². The molecule has 9 nitrogen and oxygen atoms in total. The highest BCUT2D eigenvalue weighted by atomic mass is 32.1. The van der Waals surface area contributed by atoms with Crippen LogP contribution in [0.25, 0.3) is 20.8 Å². The number of anilines is 2. The van der Waals surface area contributed by atoms with E-state index in [0.717, 1.165) is 73.7 Å². The molecule has 1 aromatic carbocycles. The number of hydrogen-bond acceptors (Lipinski definition) is 9. The molecule has 1 unspecified atom stereocenters. The van der Waals surface area contributed by atoms with E-state index in [1.807, 2.05) is 24.3 Å². The first-order chi connectivity index (χ1) is 17.2. The van der Waals surface area contributed by atoms with Crippen LogP contribution in [0.4, 0.5) is 11.6 Å². The Kier molecular flexibility index (Phi) is 6.13. The highest BCUT2D eigenvalue weighted by Crippen LogP contribution is 2.34. The Bertz CT molecular complexity index is 1320. The third-order valence-electron chi connectivity index (χ3n) is 6.84. The number of thiazole rings is 1. The Labute approximate surface area is 207 Å². The Balaban J connectivity index is 1.32. The van der Waals surface area contributed by atoms with Crippen LogP contribution in [0.3, 0.4) is 0 Å². The first kappa shape index (κ1) is 22.1. The molecule has 3 N–H and O–H groups in total. The average molecular weight is 489 g/mol. The van der Waals surface area contributed by atoms with Gasteiger partial charge in [0.25, 0.3) is 5.56 Å². The molecule has 0 amide bonds. The molecule has 35 heavy (non-hydrogen) atoms. The number of rotatable bonds is 5. The fraction of sp³-hybridized carbons (Fsp3) is 0.400. The molecule has 2 saturated heterocycles. The molecule has 0 saturated carbocycles. The number of para-hydroxylation sites is 1. The predicted octanol–water partition coefficient (Wildman–Crippen LogP) is 3.38. The zero-order chi connectivity index (χ0) is 23.6. The van der Waals surface area contributed by atoms with E-state index in [-0.39, 0.29) is 17.5 Å². The number of nitrogens with one attached hydrogen (secondary N) is 3. The lowest BCUT2D eigenvalue weighted by atomic mass is 9.96. The lowest BCUT2D eigenvalue weighted by molar-refractivity contribution is 0.473. The summed E-state index contributed by atoms with van der Waals surface area (Å²) in [4.78, 5) is 37.3. The Morgan fingerprint density at radius 2 is 1.97 bits per heavy atom. The van der Waals surface area contributed by atoms with Gasteiger partial charge in [-0.1, -0.05) is 12.1 Å². The Morgan fingerprint density at radius 3 is 2.74 bits per heavy atom. The van der Waals surface area contributed by atoms with Gasteiger partial charge in [0.15, 0.2) is 0 Å². The number of H-pyrrole nitrogens is 1. The second kappa shape index (κ2) is 9.71. The van der Waals surface area contributed by atoms with Gasteiger partial charge in [-0.2, -0.15) is 0 Å². The zero-order valence-electron chi connectivity index (χ0n) is 19.4. The topological polar surface area (TPSA) is 112 Å². The van der Waals surface area contributed by atoms with E-state index in [1.54, 1.807) is 18.6 Å². The minimum Gasteiger partial charge on any atom is -0.365 e. The molecule has 2 fully saturated rings. The summed E-state index contributed by atoms with van der Waals surface area (Å²) in [5.74, 6) is 2.48. The largest absolute Gasteiger partial charge is 0.365 e. The standard InChI is InChI=1S/C25H28N8OS/c34-24-21(25-30-18-5-1-2-6-19(18)35-25)23(29-17-4-3-9-26-14-17)31-22(32-24)16-7-12-33(13-8-16)20-15-27-10-11-28-20/h1-2,5-6,10-11,15-17,26H,3-4,7-9,12-14H2,(H2,29,31,32,34). The van der Waals surface area contributed by atoms with Crippen molar-refractivity contribution in [3.8, 4) is 10.6 Å². The molecular weight excluding hydrogens is 460 g/mol. The van der Waals surface area contributed by atoms with Crippen LogP contribution in [0.15, 0.2) is 47.7 Å². The van der Waals surface area contributed by atoms with Gasteiger partial charge in [0.05, 0.1) is 16.4 Å². The van der Waals surface area contributed by atoms with Crippen LogP contribution in [0.5, 0.6) is 0 Å². The van der Waals surface area contributed by atoms with Crippen molar-refractivity contribution in [3.05, 3.63) is 59.0 Å². The molecule has 0 spiro atoms. The average Bonchev–Trinajstić information content (AvgIpc) is 3.33. The van der Waals surface area contributed by atoms with Crippen LogP contribution in [0.2, 0.25) is 0 Å². The summed E-state index contributed by atoms with van der Waals surface area (Å²) in [6, 6.07) is 8.22. The number of piperidine rings is 2. The summed E-state index contributed by atoms with van der Waals surface area (Å²) < 4.78 is 1.06. The number of hydrogen-bond donors (Lipinski definition) is 3. The lowest BCUT2D eigenvalue weighted by Gasteiger charge is -2.32. The molecular formula is C25H28N8OS. The van der Waals surface area contributed by atoms with Gasteiger partial charge in [-0.3, -0.25) is 9.78 Å². The van der Waals surface area contributed by atoms with Gasteiger partial charge in [0, 0.05) is 44.0 Å². The van der Waals surface area contributed by atoms with Gasteiger partial charge in [0.1, 0.15) is 28.0 Å². The van der Waals surface area contributed by atoms with E-state index >= 15 is 0 Å². The SMILES string of the molecule is O=c1[nH]c(C2CCN(c3cnccn3)CC2)nc(NC2CCCNC2)c1-c1nc2ccccc2s1. The molecule has 6 rings (SSSR count). The normalized spacial score (nSPS) is 19.2. The summed E-state index contributed by atoms with van der Waals surface area (Å²) in [6.07, 6.45) is 9.15. The lowest BCUT2D eigenvalue weighted by Crippen LogP contribution is -2.39. The van der Waals surface area contributed by atoms with E-state index in [9.17, 15) is 4.79 Å². The third-order valence-corrected chi connectivity index (χ3v) is 7.89. The molecule has 0 radical (unpaired) electrons. The Hall–Kier alpha value is -3.37. The molecule has 4 aromatic rings. The van der Waals surface area contributed by atoms with Crippen molar-refractivity contribution >= 4 is 33.2 Å². The second-order valence-corrected chi connectivity index (χ2v) is 10.2. The monoisotopic (exact) mass is 488 g/mol. The fourth-order valence-electron chi connectivity index (χ4n) is 4.97. The maximum absolute atomic E-state index is 13.5. The zero-order valence-corrected chi connectivity index (χ0v) is 20.2. The van der Waals surface area contributed by atoms with E-state index in [1.165, 1.54) is 11.3 Å². The first-order valence-electron chi connectivity index (χ1n) is 12.2. The van der Waals surface area contributed by atoms with Gasteiger partial charge in [-0.25, -0.2) is 15.0 Å². The number of benzene rings is 1. The molecule has 0 bridgehead atoms. The van der Waals surface area contributed by atoms with Crippen LogP contribution >= 0.6 is 11.3 Å². The first-order valence-corrected chi connectivity index (χ1v) is 13.0. The van der Waals surface area contributed by atoms with Gasteiger partial charge in [-0.15, -0.1) is 11.3 Å². The van der Waals surface area contributed by atoms with E-state index in [4.69, 9.17) is 9.97 Å². The molecule has 1 atom stereocenters. The number of fused-ring (bicyclic) bond motifs is 1. The minimum absolute atomic E-state index is 0.128. The van der Waals surface area contributed by atoms with Gasteiger partial charge in [-0.05, 0) is 44.4 Å². The highest BCUT2D eigenvalue weighted by Gasteiger charge is 2.27. The number of aromatic nitrogens is 5. The van der Waals surface area contributed by atoms with Gasteiger partial charge in [0.2, 0.25) is 0 Å². The van der Waals surface area contributed by atoms with Crippen molar-refractivity contribution in [2.75, 3.05) is 36.4 Å². The summed E-state index contributed by atoms with van der Waals surface area (Å²) in [5.41, 5.74) is 1.31. The Morgan fingerprint density at radius 1 is 1.09 bits per heavy atom. The fourth-order valence-corrected chi connectivity index (χ4v) is 5.98. The summed E-state index contributed by atoms with van der Waals surface area (Å²) in [5, 5.41) is 7.74. The molecule has 2 aliphatic heterocycles. The van der Waals surface area contributed by atoms with Gasteiger partial charge < -0.3 is 20.5 Å². The molecule has 180 valence electrons. The molecule has 0 aliphatic carbocycles. The minimum atomic E-state index is -0.128.